The second-order valence-corrected chi connectivity index (χ2v) is 4.88. The van der Waals surface area contributed by atoms with Crippen molar-refractivity contribution in [2.45, 2.75) is 38.6 Å². The fraction of sp³-hybridized carbons (Fsp3) is 0.500. The van der Waals surface area contributed by atoms with E-state index in [2.05, 4.69) is 24.1 Å². The molecule has 1 aromatic rings. The average Bonchev–Trinajstić information content (AvgIpc) is 2.89. The van der Waals surface area contributed by atoms with Crippen molar-refractivity contribution in [1.82, 2.24) is 5.32 Å². The molecule has 1 aliphatic carbocycles. The maximum Gasteiger partial charge on any atom is 0.0582 e. The molecule has 0 radical (unpaired) electrons. The van der Waals surface area contributed by atoms with Gasteiger partial charge in [-0.15, -0.1) is 0 Å². The maximum atomic E-state index is 3.52. The van der Waals surface area contributed by atoms with Crippen LogP contribution in [0.5, 0.6) is 0 Å². The lowest BCUT2D eigenvalue weighted by Gasteiger charge is -2.18. The molecule has 0 heterocycles. The number of benzene rings is 1. The summed E-state index contributed by atoms with van der Waals surface area (Å²) in [4.78, 5) is 0. The lowest BCUT2D eigenvalue weighted by atomic mass is 10.00. The normalized spacial score (nSPS) is 17.5. The first-order valence-electron chi connectivity index (χ1n) is 6.63. The molecule has 0 aliphatic heterocycles. The summed E-state index contributed by atoms with van der Waals surface area (Å²) < 4.78 is 0. The molecule has 2 rings (SSSR count). The average molecular weight is 227 g/mol. The fourth-order valence-corrected chi connectivity index (χ4v) is 2.50. The maximum absolute atomic E-state index is 3.52. The van der Waals surface area contributed by atoms with Gasteiger partial charge in [-0.05, 0) is 37.8 Å². The van der Waals surface area contributed by atoms with Crippen molar-refractivity contribution in [3.8, 4) is 11.8 Å². The van der Waals surface area contributed by atoms with E-state index in [1.54, 1.807) is 0 Å². The smallest absolute Gasteiger partial charge is 0.0582 e. The SMILES string of the molecule is C[C@@H](NCC#Cc1ccccc1)C1CCCC1. The second-order valence-electron chi connectivity index (χ2n) is 4.88. The van der Waals surface area contributed by atoms with Crippen molar-refractivity contribution < 1.29 is 0 Å². The predicted molar refractivity (Wildman–Crippen MR) is 72.7 cm³/mol. The Morgan fingerprint density at radius 3 is 2.65 bits per heavy atom. The van der Waals surface area contributed by atoms with Crippen LogP contribution < -0.4 is 5.32 Å². The van der Waals surface area contributed by atoms with Gasteiger partial charge >= 0.3 is 0 Å². The molecule has 1 N–H and O–H groups in total. The molecule has 1 saturated carbocycles. The highest BCUT2D eigenvalue weighted by Gasteiger charge is 2.20. The van der Waals surface area contributed by atoms with E-state index in [9.17, 15) is 0 Å². The third-order valence-corrected chi connectivity index (χ3v) is 3.63. The third kappa shape index (κ3) is 3.91. The van der Waals surface area contributed by atoms with E-state index in [-0.39, 0.29) is 0 Å². The monoisotopic (exact) mass is 227 g/mol. The highest BCUT2D eigenvalue weighted by Crippen LogP contribution is 2.27. The Balaban J connectivity index is 1.74. The minimum absolute atomic E-state index is 0.613. The lowest BCUT2D eigenvalue weighted by Crippen LogP contribution is -2.32. The Morgan fingerprint density at radius 2 is 1.94 bits per heavy atom. The van der Waals surface area contributed by atoms with Gasteiger partial charge in [-0.1, -0.05) is 42.9 Å². The van der Waals surface area contributed by atoms with Gasteiger partial charge < -0.3 is 5.32 Å². The number of hydrogen-bond acceptors (Lipinski definition) is 1. The summed E-state index contributed by atoms with van der Waals surface area (Å²) in [7, 11) is 0. The molecule has 1 fully saturated rings. The molecule has 0 bridgehead atoms. The quantitative estimate of drug-likeness (QED) is 0.782. The van der Waals surface area contributed by atoms with Crippen LogP contribution in [-0.4, -0.2) is 12.6 Å². The Bertz CT molecular complexity index is 379. The Kier molecular flexibility index (Phi) is 4.64. The van der Waals surface area contributed by atoms with E-state index in [4.69, 9.17) is 0 Å². The van der Waals surface area contributed by atoms with E-state index in [1.165, 1.54) is 25.7 Å². The largest absolute Gasteiger partial charge is 0.303 e. The minimum Gasteiger partial charge on any atom is -0.303 e. The molecule has 0 aromatic heterocycles. The molecular formula is C16H21N. The Morgan fingerprint density at radius 1 is 1.24 bits per heavy atom. The standard InChI is InChI=1S/C16H21N/c1-14(16-11-5-6-12-16)17-13-7-10-15-8-3-2-4-9-15/h2-4,8-9,14,16-17H,5-6,11-13H2,1H3/t14-/m1/s1. The van der Waals surface area contributed by atoms with Crippen LogP contribution >= 0.6 is 0 Å². The van der Waals surface area contributed by atoms with Gasteiger partial charge in [0.05, 0.1) is 6.54 Å². The molecule has 1 nitrogen and oxygen atoms in total. The Labute approximate surface area is 105 Å². The van der Waals surface area contributed by atoms with Crippen molar-refractivity contribution in [2.75, 3.05) is 6.54 Å². The first kappa shape index (κ1) is 12.2. The van der Waals surface area contributed by atoms with Crippen molar-refractivity contribution in [1.29, 1.82) is 0 Å². The molecular weight excluding hydrogens is 206 g/mol. The molecule has 1 heteroatoms. The van der Waals surface area contributed by atoms with Crippen LogP contribution in [0.4, 0.5) is 0 Å². The number of nitrogens with one attached hydrogen (secondary N) is 1. The summed E-state index contributed by atoms with van der Waals surface area (Å²) in [6, 6.07) is 10.8. The molecule has 90 valence electrons. The van der Waals surface area contributed by atoms with Gasteiger partial charge in [0.25, 0.3) is 0 Å². The van der Waals surface area contributed by atoms with Crippen LogP contribution in [0.1, 0.15) is 38.2 Å². The highest BCUT2D eigenvalue weighted by molar-refractivity contribution is 5.33. The van der Waals surface area contributed by atoms with Crippen LogP contribution in [0.25, 0.3) is 0 Å². The first-order chi connectivity index (χ1) is 8.36. The topological polar surface area (TPSA) is 12.0 Å². The number of rotatable bonds is 3. The zero-order valence-electron chi connectivity index (χ0n) is 10.6. The molecule has 17 heavy (non-hydrogen) atoms. The minimum atomic E-state index is 0.613. The van der Waals surface area contributed by atoms with Gasteiger partial charge in [0.1, 0.15) is 0 Å². The van der Waals surface area contributed by atoms with Crippen LogP contribution in [-0.2, 0) is 0 Å². The second kappa shape index (κ2) is 6.47. The van der Waals surface area contributed by atoms with E-state index < -0.39 is 0 Å². The molecule has 0 unspecified atom stereocenters. The van der Waals surface area contributed by atoms with E-state index in [1.807, 2.05) is 30.3 Å². The fourth-order valence-electron chi connectivity index (χ4n) is 2.50. The van der Waals surface area contributed by atoms with E-state index >= 15 is 0 Å². The Hall–Kier alpha value is -1.26. The molecule has 0 saturated heterocycles. The van der Waals surface area contributed by atoms with E-state index in [0.29, 0.717) is 6.04 Å². The van der Waals surface area contributed by atoms with Crippen LogP contribution in [0, 0.1) is 17.8 Å². The molecule has 1 aromatic carbocycles. The van der Waals surface area contributed by atoms with Gasteiger partial charge in [0.2, 0.25) is 0 Å². The molecule has 1 atom stereocenters. The zero-order valence-corrected chi connectivity index (χ0v) is 10.6. The van der Waals surface area contributed by atoms with Crippen LogP contribution in [0.3, 0.4) is 0 Å². The van der Waals surface area contributed by atoms with E-state index in [0.717, 1.165) is 18.0 Å². The summed E-state index contributed by atoms with van der Waals surface area (Å²) in [5.74, 6) is 7.24. The van der Waals surface area contributed by atoms with Gasteiger partial charge in [-0.3, -0.25) is 0 Å². The highest BCUT2D eigenvalue weighted by atomic mass is 14.9. The predicted octanol–water partition coefficient (Wildman–Crippen LogP) is 3.21. The van der Waals surface area contributed by atoms with Crippen LogP contribution in [0.15, 0.2) is 30.3 Å². The summed E-state index contributed by atoms with van der Waals surface area (Å²) >= 11 is 0. The lowest BCUT2D eigenvalue weighted by molar-refractivity contribution is 0.396. The number of hydrogen-bond donors (Lipinski definition) is 1. The molecule has 1 aliphatic rings. The van der Waals surface area contributed by atoms with Crippen LogP contribution in [0.2, 0.25) is 0 Å². The van der Waals surface area contributed by atoms with Gasteiger partial charge in [-0.25, -0.2) is 0 Å². The zero-order chi connectivity index (χ0) is 11.9. The van der Waals surface area contributed by atoms with Crippen molar-refractivity contribution in [3.05, 3.63) is 35.9 Å². The van der Waals surface area contributed by atoms with Gasteiger partial charge in [0.15, 0.2) is 0 Å². The van der Waals surface area contributed by atoms with Crippen molar-refractivity contribution in [2.24, 2.45) is 5.92 Å². The molecule has 0 amide bonds. The summed E-state index contributed by atoms with van der Waals surface area (Å²) in [6.07, 6.45) is 5.60. The summed E-state index contributed by atoms with van der Waals surface area (Å²) in [5.41, 5.74) is 1.10. The van der Waals surface area contributed by atoms with Crippen molar-refractivity contribution in [3.63, 3.8) is 0 Å². The third-order valence-electron chi connectivity index (χ3n) is 3.63. The molecule has 0 spiro atoms. The summed E-state index contributed by atoms with van der Waals surface area (Å²) in [6.45, 7) is 3.09. The van der Waals surface area contributed by atoms with Gasteiger partial charge in [0, 0.05) is 11.6 Å². The summed E-state index contributed by atoms with van der Waals surface area (Å²) in [5, 5.41) is 3.52. The first-order valence-corrected chi connectivity index (χ1v) is 6.63. The van der Waals surface area contributed by atoms with Gasteiger partial charge in [-0.2, -0.15) is 0 Å². The van der Waals surface area contributed by atoms with Crippen molar-refractivity contribution >= 4 is 0 Å².